The molecule has 1 heterocycles. The topological polar surface area (TPSA) is 102 Å². The van der Waals surface area contributed by atoms with Crippen molar-refractivity contribution in [3.63, 3.8) is 0 Å². The highest BCUT2D eigenvalue weighted by molar-refractivity contribution is 7.93. The van der Waals surface area contributed by atoms with Crippen LogP contribution in [0.4, 0.5) is 11.4 Å². The van der Waals surface area contributed by atoms with Crippen LogP contribution >= 0.6 is 0 Å². The van der Waals surface area contributed by atoms with E-state index in [-0.39, 0.29) is 16.4 Å². The lowest BCUT2D eigenvalue weighted by molar-refractivity contribution is 0.386. The number of methoxy groups -OCH3 is 2. The first kappa shape index (κ1) is 20.3. The van der Waals surface area contributed by atoms with E-state index in [0.717, 1.165) is 0 Å². The summed E-state index contributed by atoms with van der Waals surface area (Å²) in [4.78, 5) is -0.0265. The van der Waals surface area contributed by atoms with Gasteiger partial charge in [0, 0.05) is 12.6 Å². The molecule has 0 atom stereocenters. The second-order valence-electron chi connectivity index (χ2n) is 6.36. The zero-order valence-electron chi connectivity index (χ0n) is 15.8. The Kier molecular flexibility index (Phi) is 5.44. The van der Waals surface area contributed by atoms with Crippen LogP contribution in [0, 0.1) is 6.92 Å². The molecule has 1 aliphatic heterocycles. The van der Waals surface area contributed by atoms with Crippen LogP contribution < -0.4 is 18.5 Å². The second kappa shape index (κ2) is 7.51. The van der Waals surface area contributed by atoms with Gasteiger partial charge in [-0.15, -0.1) is 0 Å². The third-order valence-electron chi connectivity index (χ3n) is 4.50. The highest BCUT2D eigenvalue weighted by Gasteiger charge is 2.29. The molecular weight excluding hydrogens is 404 g/mol. The van der Waals surface area contributed by atoms with Gasteiger partial charge < -0.3 is 9.47 Å². The third-order valence-corrected chi connectivity index (χ3v) is 7.78. The molecule has 3 rings (SSSR count). The molecule has 1 saturated heterocycles. The van der Waals surface area contributed by atoms with Crippen molar-refractivity contribution in [1.29, 1.82) is 0 Å². The summed E-state index contributed by atoms with van der Waals surface area (Å²) in [6.07, 6.45) is 0.576. The minimum Gasteiger partial charge on any atom is -0.497 e. The molecule has 8 nitrogen and oxygen atoms in total. The van der Waals surface area contributed by atoms with Crippen LogP contribution in [-0.2, 0) is 20.0 Å². The Morgan fingerprint density at radius 1 is 1.07 bits per heavy atom. The quantitative estimate of drug-likeness (QED) is 0.761. The molecule has 1 aliphatic rings. The lowest BCUT2D eigenvalue weighted by atomic mass is 10.2. The summed E-state index contributed by atoms with van der Waals surface area (Å²) in [6.45, 7) is 2.14. The van der Waals surface area contributed by atoms with Gasteiger partial charge in [0.2, 0.25) is 10.0 Å². The van der Waals surface area contributed by atoms with Crippen molar-refractivity contribution in [3.8, 4) is 11.5 Å². The maximum absolute atomic E-state index is 12.8. The number of aryl methyl sites for hydroxylation is 1. The van der Waals surface area contributed by atoms with E-state index in [0.29, 0.717) is 35.7 Å². The Bertz CT molecular complexity index is 1100. The first-order chi connectivity index (χ1) is 13.2. The van der Waals surface area contributed by atoms with Crippen LogP contribution in [0.5, 0.6) is 11.5 Å². The molecule has 0 unspecified atom stereocenters. The average Bonchev–Trinajstić information content (AvgIpc) is 3.01. The highest BCUT2D eigenvalue weighted by Crippen LogP contribution is 2.32. The zero-order chi connectivity index (χ0) is 20.5. The summed E-state index contributed by atoms with van der Waals surface area (Å²) in [7, 11) is -4.36. The molecular formula is C18H22N2O6S2. The van der Waals surface area contributed by atoms with Gasteiger partial charge >= 0.3 is 0 Å². The number of nitrogens with one attached hydrogen (secondary N) is 1. The molecule has 1 N–H and O–H groups in total. The monoisotopic (exact) mass is 426 g/mol. The number of nitrogens with zero attached hydrogens (tertiary/aromatic N) is 1. The van der Waals surface area contributed by atoms with Crippen LogP contribution in [-0.4, -0.2) is 43.4 Å². The summed E-state index contributed by atoms with van der Waals surface area (Å²) in [5.74, 6) is 0.755. The predicted octanol–water partition coefficient (Wildman–Crippen LogP) is 2.35. The smallest absolute Gasteiger partial charge is 0.265 e. The number of ether oxygens (including phenoxy) is 2. The molecule has 0 aromatic heterocycles. The van der Waals surface area contributed by atoms with E-state index < -0.39 is 20.0 Å². The Morgan fingerprint density at radius 3 is 2.39 bits per heavy atom. The van der Waals surface area contributed by atoms with E-state index in [1.807, 2.05) is 0 Å². The zero-order valence-corrected chi connectivity index (χ0v) is 17.4. The highest BCUT2D eigenvalue weighted by atomic mass is 32.2. The molecule has 0 bridgehead atoms. The maximum atomic E-state index is 12.8. The van der Waals surface area contributed by atoms with Gasteiger partial charge in [-0.25, -0.2) is 16.8 Å². The number of anilines is 2. The van der Waals surface area contributed by atoms with Crippen molar-refractivity contribution in [2.45, 2.75) is 18.2 Å². The SMILES string of the molecule is COc1ccc(S(=O)(=O)Nc2ccc(N3CCCS3(=O)=O)cc2C)c(OC)c1. The fourth-order valence-electron chi connectivity index (χ4n) is 3.04. The van der Waals surface area contributed by atoms with Crippen LogP contribution in [0.15, 0.2) is 41.3 Å². The lowest BCUT2D eigenvalue weighted by Gasteiger charge is -2.19. The van der Waals surface area contributed by atoms with Gasteiger partial charge in [0.05, 0.1) is 31.3 Å². The van der Waals surface area contributed by atoms with Gasteiger partial charge in [-0.3, -0.25) is 9.03 Å². The van der Waals surface area contributed by atoms with Crippen LogP contribution in [0.25, 0.3) is 0 Å². The predicted molar refractivity (Wildman–Crippen MR) is 107 cm³/mol. The van der Waals surface area contributed by atoms with Crippen molar-refractivity contribution < 1.29 is 26.3 Å². The number of sulfonamides is 2. The molecule has 0 spiro atoms. The first-order valence-electron chi connectivity index (χ1n) is 8.54. The van der Waals surface area contributed by atoms with Crippen molar-refractivity contribution in [2.75, 3.05) is 35.5 Å². The Balaban J connectivity index is 1.91. The van der Waals surface area contributed by atoms with E-state index >= 15 is 0 Å². The van der Waals surface area contributed by atoms with E-state index in [1.54, 1.807) is 25.1 Å². The summed E-state index contributed by atoms with van der Waals surface area (Å²) in [5.41, 5.74) is 1.49. The van der Waals surface area contributed by atoms with E-state index in [1.165, 1.54) is 36.7 Å². The first-order valence-corrected chi connectivity index (χ1v) is 11.6. The number of hydrogen-bond acceptors (Lipinski definition) is 6. The molecule has 10 heteroatoms. The van der Waals surface area contributed by atoms with Crippen LogP contribution in [0.3, 0.4) is 0 Å². The largest absolute Gasteiger partial charge is 0.497 e. The number of benzene rings is 2. The van der Waals surface area contributed by atoms with Crippen molar-refractivity contribution in [1.82, 2.24) is 0 Å². The second-order valence-corrected chi connectivity index (χ2v) is 10.0. The van der Waals surface area contributed by atoms with Gasteiger partial charge in [-0.05, 0) is 49.2 Å². The normalized spacial score (nSPS) is 16.0. The molecule has 28 heavy (non-hydrogen) atoms. The molecule has 0 amide bonds. The van der Waals surface area contributed by atoms with Gasteiger partial charge in [0.15, 0.2) is 0 Å². The fraction of sp³-hybridized carbons (Fsp3) is 0.333. The van der Waals surface area contributed by atoms with E-state index in [2.05, 4.69) is 4.72 Å². The standard InChI is InChI=1S/C18H22N2O6S2/c1-13-11-14(20-9-4-10-27(20,21)22)5-7-16(13)19-28(23,24)18-8-6-15(25-2)12-17(18)26-3/h5-8,11-12,19H,4,9-10H2,1-3H3. The summed E-state index contributed by atoms with van der Waals surface area (Å²) in [5, 5.41) is 0. The Labute approximate surface area is 165 Å². The molecule has 0 saturated carbocycles. The van der Waals surface area contributed by atoms with Gasteiger partial charge in [-0.1, -0.05) is 0 Å². The lowest BCUT2D eigenvalue weighted by Crippen LogP contribution is -2.25. The van der Waals surface area contributed by atoms with Crippen LogP contribution in [0.1, 0.15) is 12.0 Å². The third kappa shape index (κ3) is 3.88. The van der Waals surface area contributed by atoms with Crippen LogP contribution in [0.2, 0.25) is 0 Å². The Morgan fingerprint density at radius 2 is 1.82 bits per heavy atom. The summed E-state index contributed by atoms with van der Waals surface area (Å²) < 4.78 is 64.0. The molecule has 152 valence electrons. The maximum Gasteiger partial charge on any atom is 0.265 e. The van der Waals surface area contributed by atoms with Crippen molar-refractivity contribution in [3.05, 3.63) is 42.0 Å². The molecule has 2 aromatic carbocycles. The Hall–Kier alpha value is -2.46. The van der Waals surface area contributed by atoms with Gasteiger partial charge in [0.1, 0.15) is 16.4 Å². The molecule has 0 radical (unpaired) electrons. The van der Waals surface area contributed by atoms with Crippen molar-refractivity contribution >= 4 is 31.4 Å². The summed E-state index contributed by atoms with van der Waals surface area (Å²) >= 11 is 0. The average molecular weight is 427 g/mol. The fourth-order valence-corrected chi connectivity index (χ4v) is 5.88. The van der Waals surface area contributed by atoms with E-state index in [4.69, 9.17) is 9.47 Å². The van der Waals surface area contributed by atoms with E-state index in [9.17, 15) is 16.8 Å². The molecule has 2 aromatic rings. The number of hydrogen-bond donors (Lipinski definition) is 1. The minimum atomic E-state index is -3.92. The number of rotatable bonds is 6. The molecule has 0 aliphatic carbocycles. The van der Waals surface area contributed by atoms with Gasteiger partial charge in [-0.2, -0.15) is 0 Å². The summed E-state index contributed by atoms with van der Waals surface area (Å²) in [6, 6.07) is 9.24. The van der Waals surface area contributed by atoms with Gasteiger partial charge in [0.25, 0.3) is 10.0 Å². The van der Waals surface area contributed by atoms with Crippen molar-refractivity contribution in [2.24, 2.45) is 0 Å². The molecule has 1 fully saturated rings. The minimum absolute atomic E-state index is 0.0265.